The van der Waals surface area contributed by atoms with E-state index >= 15 is 0 Å². The molecule has 0 unspecified atom stereocenters. The molecule has 168 valence electrons. The van der Waals surface area contributed by atoms with E-state index in [0.717, 1.165) is 16.2 Å². The predicted molar refractivity (Wildman–Crippen MR) is 113 cm³/mol. The molecule has 32 heavy (non-hydrogen) atoms. The number of hydrogen-bond acceptors (Lipinski definition) is 9. The molecule has 0 saturated carbocycles. The fraction of sp³-hybridized carbons (Fsp3) is 0.167. The highest BCUT2D eigenvalue weighted by Crippen LogP contribution is 2.47. The van der Waals surface area contributed by atoms with Crippen LogP contribution in [-0.2, 0) is 10.0 Å². The fourth-order valence-corrected chi connectivity index (χ4v) is 5.26. The van der Waals surface area contributed by atoms with Gasteiger partial charge in [-0.1, -0.05) is 16.8 Å². The van der Waals surface area contributed by atoms with Gasteiger partial charge in [0.05, 0.1) is 11.3 Å². The lowest BCUT2D eigenvalue weighted by atomic mass is 10.0. The average molecular weight is 500 g/mol. The van der Waals surface area contributed by atoms with Crippen molar-refractivity contribution >= 4 is 56.4 Å². The first-order valence-electron chi connectivity index (χ1n) is 8.75. The number of carboxylic acids is 1. The molecule has 0 aliphatic carbocycles. The Labute approximate surface area is 189 Å². The number of carboxylic acid groups (broad SMARTS) is 1. The summed E-state index contributed by atoms with van der Waals surface area (Å²) in [6.07, 6.45) is 0. The molecule has 14 heteroatoms. The van der Waals surface area contributed by atoms with Crippen molar-refractivity contribution in [2.24, 2.45) is 5.14 Å². The highest BCUT2D eigenvalue weighted by atomic mass is 35.5. The number of anilines is 2. The second-order valence-electron chi connectivity index (χ2n) is 6.62. The molecule has 0 radical (unpaired) electrons. The van der Waals surface area contributed by atoms with Gasteiger partial charge in [0.2, 0.25) is 16.8 Å². The van der Waals surface area contributed by atoms with E-state index in [1.807, 2.05) is 0 Å². The summed E-state index contributed by atoms with van der Waals surface area (Å²) in [6, 6.07) is 2.36. The van der Waals surface area contributed by atoms with E-state index in [2.05, 4.69) is 5.16 Å². The minimum atomic E-state index is -4.26. The van der Waals surface area contributed by atoms with Crippen molar-refractivity contribution in [2.75, 3.05) is 11.7 Å². The van der Waals surface area contributed by atoms with E-state index in [1.165, 1.54) is 31.4 Å². The number of benzene rings is 1. The maximum Gasteiger partial charge on any atom is 0.337 e. The molecule has 1 aliphatic rings. The van der Waals surface area contributed by atoms with Gasteiger partial charge in [-0.25, -0.2) is 23.3 Å². The standard InChI is InChI=1S/C18H14ClN3O8S2/c1-7-13(9(18(24)25)5-10-14(7)29-6-28-10)22(17-12(19)8(2)21-30-17)16(23)15-11(3-4-31-15)32(20,26)27/h3-5H,6H2,1-2H3,(H,24,25)(H2,20,26,27). The molecule has 1 aliphatic heterocycles. The van der Waals surface area contributed by atoms with E-state index < -0.39 is 26.8 Å². The number of aryl methyl sites for hydroxylation is 1. The van der Waals surface area contributed by atoms with Gasteiger partial charge in [0.1, 0.15) is 20.5 Å². The predicted octanol–water partition coefficient (Wildman–Crippen LogP) is 3.06. The van der Waals surface area contributed by atoms with E-state index in [1.54, 1.807) is 0 Å². The molecule has 2 aromatic heterocycles. The maximum absolute atomic E-state index is 13.7. The SMILES string of the molecule is Cc1noc(N(C(=O)c2sccc2S(N)(=O)=O)c2c(C(=O)O)cc3c(c2C)OCO3)c1Cl. The smallest absolute Gasteiger partial charge is 0.337 e. The van der Waals surface area contributed by atoms with Crippen LogP contribution < -0.4 is 19.5 Å². The Kier molecular flexibility index (Phi) is 5.36. The lowest BCUT2D eigenvalue weighted by Crippen LogP contribution is -2.29. The van der Waals surface area contributed by atoms with Gasteiger partial charge in [0.25, 0.3) is 11.8 Å². The number of rotatable bonds is 5. The number of nitrogens with two attached hydrogens (primary N) is 1. The van der Waals surface area contributed by atoms with Crippen LogP contribution >= 0.6 is 22.9 Å². The summed E-state index contributed by atoms with van der Waals surface area (Å²) in [5.41, 5.74) is -0.0327. The molecule has 3 heterocycles. The second-order valence-corrected chi connectivity index (χ2v) is 9.45. The Morgan fingerprint density at radius 2 is 2.03 bits per heavy atom. The van der Waals surface area contributed by atoms with Crippen LogP contribution in [0.15, 0.2) is 26.9 Å². The van der Waals surface area contributed by atoms with Crippen molar-refractivity contribution in [1.29, 1.82) is 0 Å². The second kappa shape index (κ2) is 7.78. The van der Waals surface area contributed by atoms with Gasteiger partial charge in [0, 0.05) is 11.6 Å². The molecule has 1 aromatic carbocycles. The minimum Gasteiger partial charge on any atom is -0.478 e. The normalized spacial score (nSPS) is 12.8. The Hall–Kier alpha value is -3.13. The van der Waals surface area contributed by atoms with E-state index in [0.29, 0.717) is 0 Å². The van der Waals surface area contributed by atoms with E-state index in [-0.39, 0.29) is 56.6 Å². The number of aromatic nitrogens is 1. The molecule has 4 rings (SSSR count). The van der Waals surface area contributed by atoms with Crippen LogP contribution in [0.4, 0.5) is 11.6 Å². The Balaban J connectivity index is 2.04. The fourth-order valence-electron chi connectivity index (χ4n) is 3.21. The molecular formula is C18H14ClN3O8S2. The first-order valence-corrected chi connectivity index (χ1v) is 11.6. The minimum absolute atomic E-state index is 0.0690. The van der Waals surface area contributed by atoms with Crippen LogP contribution in [0, 0.1) is 13.8 Å². The highest BCUT2D eigenvalue weighted by molar-refractivity contribution is 7.89. The third-order valence-electron chi connectivity index (χ3n) is 4.63. The van der Waals surface area contributed by atoms with Crippen LogP contribution in [0.5, 0.6) is 11.5 Å². The number of amides is 1. The van der Waals surface area contributed by atoms with Gasteiger partial charge < -0.3 is 19.1 Å². The molecule has 0 fully saturated rings. The lowest BCUT2D eigenvalue weighted by molar-refractivity contribution is 0.0697. The van der Waals surface area contributed by atoms with Gasteiger partial charge in [0.15, 0.2) is 11.5 Å². The third kappa shape index (κ3) is 3.48. The molecular weight excluding hydrogens is 486 g/mol. The van der Waals surface area contributed by atoms with Crippen molar-refractivity contribution < 1.29 is 37.1 Å². The van der Waals surface area contributed by atoms with Gasteiger partial charge in [-0.15, -0.1) is 11.3 Å². The van der Waals surface area contributed by atoms with Crippen LogP contribution in [0.25, 0.3) is 0 Å². The lowest BCUT2D eigenvalue weighted by Gasteiger charge is -2.24. The number of aromatic carboxylic acids is 1. The summed E-state index contributed by atoms with van der Waals surface area (Å²) in [5, 5.41) is 20.1. The van der Waals surface area contributed by atoms with Crippen LogP contribution in [-0.4, -0.2) is 37.4 Å². The van der Waals surface area contributed by atoms with Crippen molar-refractivity contribution in [1.82, 2.24) is 5.16 Å². The molecule has 0 spiro atoms. The number of halogens is 1. The van der Waals surface area contributed by atoms with E-state index in [9.17, 15) is 23.1 Å². The topological polar surface area (TPSA) is 162 Å². The van der Waals surface area contributed by atoms with Crippen molar-refractivity contribution in [3.8, 4) is 11.5 Å². The summed E-state index contributed by atoms with van der Waals surface area (Å²) >= 11 is 7.10. The van der Waals surface area contributed by atoms with Crippen LogP contribution in [0.2, 0.25) is 5.02 Å². The maximum atomic E-state index is 13.7. The molecule has 3 aromatic rings. The summed E-state index contributed by atoms with van der Waals surface area (Å²) < 4.78 is 40.0. The average Bonchev–Trinajstić information content (AvgIpc) is 3.45. The molecule has 0 bridgehead atoms. The molecule has 1 amide bonds. The van der Waals surface area contributed by atoms with Gasteiger partial charge in [-0.05, 0) is 25.3 Å². The summed E-state index contributed by atoms with van der Waals surface area (Å²) in [6.45, 7) is 2.89. The number of thiophene rings is 1. The molecule has 11 nitrogen and oxygen atoms in total. The number of fused-ring (bicyclic) bond motifs is 1. The Bertz CT molecular complexity index is 1380. The third-order valence-corrected chi connectivity index (χ3v) is 7.05. The van der Waals surface area contributed by atoms with Crippen LogP contribution in [0.3, 0.4) is 0 Å². The Morgan fingerprint density at radius 1 is 1.31 bits per heavy atom. The number of primary sulfonamides is 1. The number of nitrogens with zero attached hydrogens (tertiary/aromatic N) is 2. The van der Waals surface area contributed by atoms with Gasteiger partial charge in [-0.2, -0.15) is 0 Å². The van der Waals surface area contributed by atoms with Crippen molar-refractivity contribution in [3.05, 3.63) is 44.2 Å². The zero-order valence-corrected chi connectivity index (χ0v) is 18.8. The molecule has 0 saturated heterocycles. The number of hydrogen-bond donors (Lipinski definition) is 2. The number of ether oxygens (including phenoxy) is 2. The number of carbonyl (C=O) groups excluding carboxylic acids is 1. The van der Waals surface area contributed by atoms with E-state index in [4.69, 9.17) is 30.7 Å². The largest absolute Gasteiger partial charge is 0.478 e. The zero-order valence-electron chi connectivity index (χ0n) is 16.4. The first-order chi connectivity index (χ1) is 15.0. The molecule has 3 N–H and O–H groups in total. The summed E-state index contributed by atoms with van der Waals surface area (Å²) in [4.78, 5) is 25.9. The summed E-state index contributed by atoms with van der Waals surface area (Å²) in [5.74, 6) is -2.23. The zero-order chi connectivity index (χ0) is 23.4. The quantitative estimate of drug-likeness (QED) is 0.537. The Morgan fingerprint density at radius 3 is 2.62 bits per heavy atom. The number of carbonyl (C=O) groups is 2. The van der Waals surface area contributed by atoms with Crippen LogP contribution in [0.1, 0.15) is 31.3 Å². The summed E-state index contributed by atoms with van der Waals surface area (Å²) in [7, 11) is -4.26. The number of sulfonamides is 1. The monoisotopic (exact) mass is 499 g/mol. The van der Waals surface area contributed by atoms with Crippen molar-refractivity contribution in [3.63, 3.8) is 0 Å². The van der Waals surface area contributed by atoms with Gasteiger partial charge in [-0.3, -0.25) is 4.79 Å². The van der Waals surface area contributed by atoms with Gasteiger partial charge >= 0.3 is 5.97 Å². The first kappa shape index (κ1) is 22.1. The highest BCUT2D eigenvalue weighted by Gasteiger charge is 2.37. The van der Waals surface area contributed by atoms with Crippen molar-refractivity contribution in [2.45, 2.75) is 18.7 Å². The molecule has 0 atom stereocenters.